The first-order chi connectivity index (χ1) is 13.1. The molecule has 138 valence electrons. The molecule has 0 fully saturated rings. The topological polar surface area (TPSA) is 51.5 Å². The van der Waals surface area contributed by atoms with Gasteiger partial charge in [-0.15, -0.1) is 0 Å². The summed E-state index contributed by atoms with van der Waals surface area (Å²) in [5.41, 5.74) is 2.25. The van der Waals surface area contributed by atoms with Gasteiger partial charge in [-0.2, -0.15) is 5.26 Å². The van der Waals surface area contributed by atoms with Gasteiger partial charge in [-0.25, -0.2) is 0 Å². The van der Waals surface area contributed by atoms with Gasteiger partial charge in [-0.1, -0.05) is 47.5 Å². The summed E-state index contributed by atoms with van der Waals surface area (Å²) >= 11 is 16.2. The van der Waals surface area contributed by atoms with E-state index in [0.717, 1.165) is 15.6 Å². The Bertz CT molecular complexity index is 930. The number of hydrogen-bond donors (Lipinski definition) is 0. The van der Waals surface area contributed by atoms with E-state index in [1.807, 2.05) is 30.4 Å². The highest BCUT2D eigenvalue weighted by atomic mass is 79.9. The predicted octanol–water partition coefficient (Wildman–Crippen LogP) is 6.74. The van der Waals surface area contributed by atoms with Gasteiger partial charge in [0.1, 0.15) is 24.9 Å². The molecule has 0 spiro atoms. The van der Waals surface area contributed by atoms with E-state index >= 15 is 0 Å². The van der Waals surface area contributed by atoms with Crippen molar-refractivity contribution >= 4 is 51.3 Å². The van der Waals surface area contributed by atoms with Crippen LogP contribution in [0, 0.1) is 11.3 Å². The number of halogens is 3. The molecule has 0 aliphatic carbocycles. The predicted molar refractivity (Wildman–Crippen MR) is 109 cm³/mol. The average molecular weight is 467 g/mol. The third kappa shape index (κ3) is 4.78. The second-order valence-electron chi connectivity index (χ2n) is 5.52. The first-order valence-electron chi connectivity index (χ1n) is 8.01. The van der Waals surface area contributed by atoms with Crippen molar-refractivity contribution < 1.29 is 14.2 Å². The van der Waals surface area contributed by atoms with Gasteiger partial charge in [0.25, 0.3) is 6.29 Å². The number of nitrogens with zero attached hydrogens (tertiary/aromatic N) is 1. The van der Waals surface area contributed by atoms with Crippen LogP contribution < -0.4 is 4.74 Å². The Morgan fingerprint density at radius 3 is 2.63 bits per heavy atom. The van der Waals surface area contributed by atoms with Crippen molar-refractivity contribution in [2.24, 2.45) is 0 Å². The van der Waals surface area contributed by atoms with E-state index < -0.39 is 6.29 Å². The van der Waals surface area contributed by atoms with Crippen LogP contribution in [0.15, 0.2) is 47.3 Å². The number of ether oxygens (including phenoxy) is 3. The van der Waals surface area contributed by atoms with Crippen molar-refractivity contribution in [3.63, 3.8) is 0 Å². The lowest BCUT2D eigenvalue weighted by Crippen LogP contribution is -2.05. The number of benzene rings is 2. The molecular weight excluding hydrogens is 453 g/mol. The molecule has 27 heavy (non-hydrogen) atoms. The first kappa shape index (κ1) is 19.6. The maximum atomic E-state index is 8.74. The Kier molecular flexibility index (Phi) is 6.68. The largest absolute Gasteiger partial charge is 0.492 e. The van der Waals surface area contributed by atoms with Gasteiger partial charge < -0.3 is 14.2 Å². The van der Waals surface area contributed by atoms with Crippen LogP contribution in [0.5, 0.6) is 5.75 Å². The second-order valence-corrected chi connectivity index (χ2v) is 7.16. The lowest BCUT2D eigenvalue weighted by molar-refractivity contribution is -0.0264. The molecule has 3 rings (SSSR count). The highest BCUT2D eigenvalue weighted by Crippen LogP contribution is 2.37. The van der Waals surface area contributed by atoms with Crippen LogP contribution in [0.4, 0.5) is 0 Å². The summed E-state index contributed by atoms with van der Waals surface area (Å²) in [4.78, 5) is 0. The lowest BCUT2D eigenvalue weighted by atomic mass is 10.1. The summed E-state index contributed by atoms with van der Waals surface area (Å²) in [5, 5.41) is 9.87. The van der Waals surface area contributed by atoms with Gasteiger partial charge in [-0.3, -0.25) is 0 Å². The van der Waals surface area contributed by atoms with Gasteiger partial charge in [0, 0.05) is 9.50 Å². The van der Waals surface area contributed by atoms with E-state index in [1.54, 1.807) is 12.1 Å². The molecule has 7 heteroatoms. The van der Waals surface area contributed by atoms with Crippen molar-refractivity contribution in [2.75, 3.05) is 6.61 Å². The molecule has 0 aromatic heterocycles. The highest BCUT2D eigenvalue weighted by Gasteiger charge is 2.22. The third-order valence-corrected chi connectivity index (χ3v) is 5.38. The van der Waals surface area contributed by atoms with Crippen LogP contribution >= 0.6 is 39.1 Å². The second kappa shape index (κ2) is 9.18. The summed E-state index contributed by atoms with van der Waals surface area (Å²) in [6, 6.07) is 11.3. The Morgan fingerprint density at radius 2 is 1.89 bits per heavy atom. The van der Waals surface area contributed by atoms with E-state index in [4.69, 9.17) is 42.7 Å². The molecule has 0 saturated carbocycles. The molecule has 1 aliphatic rings. The SMILES string of the molecule is N#CCCOc1cc(/C=C/c2cccc(Br)c2Cl)c(Cl)cc1C1OC=CO1. The minimum absolute atomic E-state index is 0.256. The molecule has 0 N–H and O–H groups in total. The zero-order valence-electron chi connectivity index (χ0n) is 14.0. The van der Waals surface area contributed by atoms with E-state index in [9.17, 15) is 0 Å². The maximum Gasteiger partial charge on any atom is 0.269 e. The Hall–Kier alpha value is -2.13. The first-order valence-corrected chi connectivity index (χ1v) is 9.56. The van der Waals surface area contributed by atoms with E-state index in [2.05, 4.69) is 22.0 Å². The number of nitriles is 1. The summed E-state index contributed by atoms with van der Waals surface area (Å²) in [6.45, 7) is 0.256. The van der Waals surface area contributed by atoms with Crippen LogP contribution in [-0.2, 0) is 9.47 Å². The zero-order valence-corrected chi connectivity index (χ0v) is 17.1. The van der Waals surface area contributed by atoms with Gasteiger partial charge in [0.05, 0.1) is 23.1 Å². The molecule has 0 radical (unpaired) electrons. The molecule has 1 aliphatic heterocycles. The number of hydrogen-bond acceptors (Lipinski definition) is 4. The monoisotopic (exact) mass is 465 g/mol. The third-order valence-electron chi connectivity index (χ3n) is 3.74. The molecule has 0 atom stereocenters. The minimum atomic E-state index is -0.628. The van der Waals surface area contributed by atoms with Crippen molar-refractivity contribution in [1.82, 2.24) is 0 Å². The van der Waals surface area contributed by atoms with Gasteiger partial charge in [0.15, 0.2) is 0 Å². The Balaban J connectivity index is 1.92. The summed E-state index contributed by atoms with van der Waals surface area (Å²) in [6.07, 6.45) is 6.28. The van der Waals surface area contributed by atoms with Crippen LogP contribution in [0.25, 0.3) is 12.2 Å². The summed E-state index contributed by atoms with van der Waals surface area (Å²) < 4.78 is 17.3. The fraction of sp³-hybridized carbons (Fsp3) is 0.150. The smallest absolute Gasteiger partial charge is 0.269 e. The standard InChI is InChI=1S/C20H14BrCl2NO3/c21-16-4-1-3-13(19(16)23)5-6-14-11-18(25-8-2-7-24)15(12-17(14)22)20-26-9-10-27-20/h1,3-6,9-12,20H,2,8H2/b6-5+. The molecule has 0 amide bonds. The van der Waals surface area contributed by atoms with Crippen LogP contribution in [0.3, 0.4) is 0 Å². The average Bonchev–Trinajstić information content (AvgIpc) is 3.19. The Labute approximate surface area is 175 Å². The summed E-state index contributed by atoms with van der Waals surface area (Å²) in [7, 11) is 0. The molecule has 4 nitrogen and oxygen atoms in total. The Morgan fingerprint density at radius 1 is 1.15 bits per heavy atom. The zero-order chi connectivity index (χ0) is 19.2. The van der Waals surface area contributed by atoms with Crippen molar-refractivity contribution in [1.29, 1.82) is 5.26 Å². The van der Waals surface area contributed by atoms with Crippen LogP contribution in [0.2, 0.25) is 10.0 Å². The minimum Gasteiger partial charge on any atom is -0.492 e. The molecule has 0 unspecified atom stereocenters. The van der Waals surface area contributed by atoms with E-state index in [1.165, 1.54) is 12.5 Å². The molecule has 2 aromatic rings. The molecule has 0 saturated heterocycles. The van der Waals surface area contributed by atoms with Crippen molar-refractivity contribution in [3.8, 4) is 11.8 Å². The fourth-order valence-corrected chi connectivity index (χ4v) is 3.25. The van der Waals surface area contributed by atoms with Gasteiger partial charge in [-0.05, 0) is 45.3 Å². The van der Waals surface area contributed by atoms with E-state index in [-0.39, 0.29) is 13.0 Å². The van der Waals surface area contributed by atoms with Gasteiger partial charge >= 0.3 is 0 Å². The van der Waals surface area contributed by atoms with Crippen LogP contribution in [0.1, 0.15) is 29.4 Å². The maximum absolute atomic E-state index is 8.74. The molecular formula is C20H14BrCl2NO3. The van der Waals surface area contributed by atoms with Gasteiger partial charge in [0.2, 0.25) is 0 Å². The normalized spacial score (nSPS) is 13.4. The number of rotatable bonds is 6. The molecule has 0 bridgehead atoms. The fourth-order valence-electron chi connectivity index (χ4n) is 2.44. The van der Waals surface area contributed by atoms with Crippen molar-refractivity contribution in [3.05, 3.63) is 74.1 Å². The van der Waals surface area contributed by atoms with Crippen molar-refractivity contribution in [2.45, 2.75) is 12.7 Å². The molecule has 1 heterocycles. The quantitative estimate of drug-likeness (QED) is 0.349. The molecule has 2 aromatic carbocycles. The van der Waals surface area contributed by atoms with Crippen LogP contribution in [-0.4, -0.2) is 6.61 Å². The lowest BCUT2D eigenvalue weighted by Gasteiger charge is -2.17. The summed E-state index contributed by atoms with van der Waals surface area (Å²) in [5.74, 6) is 0.545. The van der Waals surface area contributed by atoms with E-state index in [0.29, 0.717) is 21.4 Å². The highest BCUT2D eigenvalue weighted by molar-refractivity contribution is 9.10.